The van der Waals surface area contributed by atoms with Gasteiger partial charge >= 0.3 is 11.9 Å². The maximum absolute atomic E-state index is 12.6. The summed E-state index contributed by atoms with van der Waals surface area (Å²) < 4.78 is 12.1. The molecule has 0 fully saturated rings. The van der Waals surface area contributed by atoms with Gasteiger partial charge in [-0.05, 0) is 30.2 Å². The fraction of sp³-hybridized carbons (Fsp3) is 0.174. The molecule has 0 aliphatic heterocycles. The van der Waals surface area contributed by atoms with Gasteiger partial charge in [-0.2, -0.15) is 5.10 Å². The molecule has 3 rings (SSSR count). The number of para-hydroxylation sites is 1. The van der Waals surface area contributed by atoms with Crippen LogP contribution in [0.3, 0.4) is 0 Å². The molecule has 0 saturated heterocycles. The summed E-state index contributed by atoms with van der Waals surface area (Å²) in [5, 5.41) is 25.0. The van der Waals surface area contributed by atoms with E-state index in [9.17, 15) is 19.8 Å². The third kappa shape index (κ3) is 4.34. The molecule has 1 unspecified atom stereocenters. The van der Waals surface area contributed by atoms with Crippen LogP contribution in [-0.4, -0.2) is 39.0 Å². The Kier molecular flexibility index (Phi) is 6.52. The van der Waals surface area contributed by atoms with Crippen LogP contribution >= 0.6 is 0 Å². The second-order valence-electron chi connectivity index (χ2n) is 6.59. The maximum Gasteiger partial charge on any atom is 0.345 e. The molecule has 1 atom stereocenters. The number of hydrogen-bond donors (Lipinski definition) is 2. The van der Waals surface area contributed by atoms with E-state index in [0.29, 0.717) is 11.3 Å². The summed E-state index contributed by atoms with van der Waals surface area (Å²) >= 11 is 0. The molecule has 2 aromatic carbocycles. The summed E-state index contributed by atoms with van der Waals surface area (Å²) in [4.78, 5) is 24.3. The van der Waals surface area contributed by atoms with Gasteiger partial charge in [-0.1, -0.05) is 48.5 Å². The van der Waals surface area contributed by atoms with E-state index < -0.39 is 18.0 Å². The van der Waals surface area contributed by atoms with Gasteiger partial charge in [0.15, 0.2) is 0 Å². The van der Waals surface area contributed by atoms with Crippen LogP contribution in [0.4, 0.5) is 0 Å². The molecule has 0 radical (unpaired) electrons. The number of aromatic nitrogens is 2. The Labute approximate surface area is 179 Å². The highest BCUT2D eigenvalue weighted by molar-refractivity contribution is 6.15. The van der Waals surface area contributed by atoms with E-state index in [1.165, 1.54) is 17.9 Å². The van der Waals surface area contributed by atoms with Gasteiger partial charge < -0.3 is 19.7 Å². The standard InChI is InChI=1S/C23H22N2O6/c1-4-15(22(27)28)16-12-8-9-13-17(16)20(26)19-18(23(29)30-3)21(25(2)24-19)31-14-10-6-5-7-11-14/h4-13,20,26H,1-3H3,(H,27,28)/b15-4+. The number of allylic oxidation sites excluding steroid dienone is 1. The topological polar surface area (TPSA) is 111 Å². The summed E-state index contributed by atoms with van der Waals surface area (Å²) in [6.45, 7) is 1.60. The molecule has 0 aliphatic rings. The molecular weight excluding hydrogens is 400 g/mol. The number of methoxy groups -OCH3 is 1. The lowest BCUT2D eigenvalue weighted by Crippen LogP contribution is -2.12. The molecule has 1 aromatic heterocycles. The fourth-order valence-corrected chi connectivity index (χ4v) is 3.25. The maximum atomic E-state index is 12.6. The molecule has 0 saturated carbocycles. The van der Waals surface area contributed by atoms with Crippen LogP contribution in [0, 0.1) is 0 Å². The summed E-state index contributed by atoms with van der Waals surface area (Å²) in [5.74, 6) is -1.31. The third-order valence-electron chi connectivity index (χ3n) is 4.69. The molecule has 2 N–H and O–H groups in total. The van der Waals surface area contributed by atoms with Crippen molar-refractivity contribution in [3.8, 4) is 11.6 Å². The van der Waals surface area contributed by atoms with Crippen molar-refractivity contribution in [2.24, 2.45) is 7.05 Å². The van der Waals surface area contributed by atoms with E-state index in [2.05, 4.69) is 5.10 Å². The minimum atomic E-state index is -1.40. The fourth-order valence-electron chi connectivity index (χ4n) is 3.25. The van der Waals surface area contributed by atoms with Gasteiger partial charge in [0.05, 0.1) is 12.7 Å². The number of carboxylic acids is 1. The van der Waals surface area contributed by atoms with Crippen molar-refractivity contribution in [1.82, 2.24) is 9.78 Å². The number of aliphatic hydroxyl groups is 1. The second-order valence-corrected chi connectivity index (χ2v) is 6.59. The molecule has 3 aromatic rings. The first-order chi connectivity index (χ1) is 14.9. The minimum Gasteiger partial charge on any atom is -0.478 e. The average molecular weight is 422 g/mol. The first-order valence-electron chi connectivity index (χ1n) is 9.44. The summed E-state index contributed by atoms with van der Waals surface area (Å²) in [6.07, 6.45) is 0.0382. The van der Waals surface area contributed by atoms with E-state index in [4.69, 9.17) is 9.47 Å². The van der Waals surface area contributed by atoms with E-state index >= 15 is 0 Å². The number of aliphatic carboxylic acids is 1. The van der Waals surface area contributed by atoms with Gasteiger partial charge in [0.2, 0.25) is 5.88 Å². The van der Waals surface area contributed by atoms with Crippen molar-refractivity contribution >= 4 is 17.5 Å². The Morgan fingerprint density at radius 3 is 2.35 bits per heavy atom. The molecular formula is C23H22N2O6. The number of rotatable bonds is 7. The molecule has 0 aliphatic carbocycles. The Balaban J connectivity index is 2.15. The molecule has 8 nitrogen and oxygen atoms in total. The highest BCUT2D eigenvalue weighted by Crippen LogP contribution is 2.35. The number of esters is 1. The monoisotopic (exact) mass is 422 g/mol. The van der Waals surface area contributed by atoms with Crippen molar-refractivity contribution in [3.63, 3.8) is 0 Å². The van der Waals surface area contributed by atoms with Gasteiger partial charge in [0, 0.05) is 7.05 Å². The van der Waals surface area contributed by atoms with Crippen molar-refractivity contribution < 1.29 is 29.3 Å². The number of aryl methyl sites for hydroxylation is 1. The summed E-state index contributed by atoms with van der Waals surface area (Å²) in [5.41, 5.74) is 0.567. The number of carboxylic acid groups (broad SMARTS) is 1. The normalized spacial score (nSPS) is 12.3. The number of carbonyl (C=O) groups is 2. The van der Waals surface area contributed by atoms with Crippen LogP contribution in [0.5, 0.6) is 11.6 Å². The van der Waals surface area contributed by atoms with Crippen LogP contribution in [0.2, 0.25) is 0 Å². The van der Waals surface area contributed by atoms with E-state index in [-0.39, 0.29) is 28.3 Å². The van der Waals surface area contributed by atoms with Crippen LogP contribution < -0.4 is 4.74 Å². The number of aliphatic hydroxyl groups excluding tert-OH is 1. The largest absolute Gasteiger partial charge is 0.478 e. The minimum absolute atomic E-state index is 0.00595. The third-order valence-corrected chi connectivity index (χ3v) is 4.69. The number of ether oxygens (including phenoxy) is 2. The predicted molar refractivity (Wildman–Crippen MR) is 113 cm³/mol. The molecule has 0 spiro atoms. The summed E-state index contributed by atoms with van der Waals surface area (Å²) in [6, 6.07) is 15.3. The van der Waals surface area contributed by atoms with E-state index in [1.807, 2.05) is 6.07 Å². The second kappa shape index (κ2) is 9.27. The number of benzene rings is 2. The van der Waals surface area contributed by atoms with Gasteiger partial charge in [-0.3, -0.25) is 0 Å². The molecule has 160 valence electrons. The Bertz CT molecular complexity index is 1130. The number of hydrogen-bond acceptors (Lipinski definition) is 6. The SMILES string of the molecule is C/C=C(/C(=O)O)c1ccccc1C(O)c1nn(C)c(Oc2ccccc2)c1C(=O)OC. The number of carbonyl (C=O) groups excluding carboxylic acids is 1. The average Bonchev–Trinajstić information content (AvgIpc) is 3.10. The lowest BCUT2D eigenvalue weighted by atomic mass is 9.93. The molecule has 31 heavy (non-hydrogen) atoms. The highest BCUT2D eigenvalue weighted by Gasteiger charge is 2.32. The van der Waals surface area contributed by atoms with Crippen LogP contribution in [0.25, 0.3) is 5.57 Å². The zero-order chi connectivity index (χ0) is 22.5. The quantitative estimate of drug-likeness (QED) is 0.442. The van der Waals surface area contributed by atoms with Gasteiger partial charge in [-0.25, -0.2) is 14.3 Å². The van der Waals surface area contributed by atoms with Crippen molar-refractivity contribution in [2.75, 3.05) is 7.11 Å². The van der Waals surface area contributed by atoms with Crippen molar-refractivity contribution in [2.45, 2.75) is 13.0 Å². The zero-order valence-electron chi connectivity index (χ0n) is 17.3. The molecule has 1 heterocycles. The Morgan fingerprint density at radius 2 is 1.74 bits per heavy atom. The summed E-state index contributed by atoms with van der Waals surface area (Å²) in [7, 11) is 2.79. The molecule has 0 amide bonds. The van der Waals surface area contributed by atoms with E-state index in [1.54, 1.807) is 62.5 Å². The van der Waals surface area contributed by atoms with E-state index in [0.717, 1.165) is 0 Å². The highest BCUT2D eigenvalue weighted by atomic mass is 16.5. The first kappa shape index (κ1) is 21.8. The zero-order valence-corrected chi connectivity index (χ0v) is 17.3. The van der Waals surface area contributed by atoms with Gasteiger partial charge in [0.25, 0.3) is 0 Å². The van der Waals surface area contributed by atoms with Crippen LogP contribution in [0.15, 0.2) is 60.7 Å². The van der Waals surface area contributed by atoms with Crippen LogP contribution in [-0.2, 0) is 16.6 Å². The van der Waals surface area contributed by atoms with Crippen molar-refractivity contribution in [1.29, 1.82) is 0 Å². The Hall–Kier alpha value is -3.91. The lowest BCUT2D eigenvalue weighted by Gasteiger charge is -2.15. The number of nitrogens with zero attached hydrogens (tertiary/aromatic N) is 2. The van der Waals surface area contributed by atoms with Gasteiger partial charge in [-0.15, -0.1) is 0 Å². The molecule has 8 heteroatoms. The van der Waals surface area contributed by atoms with Crippen molar-refractivity contribution in [3.05, 3.63) is 83.1 Å². The molecule has 0 bridgehead atoms. The Morgan fingerprint density at radius 1 is 1.10 bits per heavy atom. The first-order valence-corrected chi connectivity index (χ1v) is 9.44. The lowest BCUT2D eigenvalue weighted by molar-refractivity contribution is -0.130. The van der Waals surface area contributed by atoms with Crippen LogP contribution in [0.1, 0.15) is 40.2 Å². The van der Waals surface area contributed by atoms with Gasteiger partial charge in [0.1, 0.15) is 23.1 Å². The smallest absolute Gasteiger partial charge is 0.345 e. The predicted octanol–water partition coefficient (Wildman–Crippen LogP) is 3.57.